The number of nitrogens with zero attached hydrogens (tertiary/aromatic N) is 4. The maximum absolute atomic E-state index is 11.6. The number of hydrogen-bond acceptors (Lipinski definition) is 13. The molecule has 0 unspecified atom stereocenters. The van der Waals surface area contributed by atoms with Crippen LogP contribution in [0.5, 0.6) is 0 Å². The topological polar surface area (TPSA) is 172 Å². The summed E-state index contributed by atoms with van der Waals surface area (Å²) in [7, 11) is 1.81. The molecule has 7 N–H and O–H groups in total. The van der Waals surface area contributed by atoms with Gasteiger partial charge in [0.15, 0.2) is 11.6 Å². The van der Waals surface area contributed by atoms with Crippen LogP contribution in [0.25, 0.3) is 0 Å². The second-order valence-electron chi connectivity index (χ2n) is 8.13. The number of hydrogen-bond donors (Lipinski definition) is 6. The van der Waals surface area contributed by atoms with Crippen molar-refractivity contribution in [2.45, 2.75) is 32.1 Å². The molecule has 0 aromatic carbocycles. The Morgan fingerprint density at radius 3 is 1.51 bits per heavy atom. The van der Waals surface area contributed by atoms with Crippen LogP contribution < -0.4 is 32.3 Å². The van der Waals surface area contributed by atoms with Crippen molar-refractivity contribution in [2.75, 3.05) is 17.7 Å². The second kappa shape index (κ2) is 20.2. The van der Waals surface area contributed by atoms with E-state index in [-0.39, 0.29) is 17.9 Å². The van der Waals surface area contributed by atoms with Crippen molar-refractivity contribution in [3.63, 3.8) is 0 Å². The van der Waals surface area contributed by atoms with Gasteiger partial charge in [-0.1, -0.05) is 34.8 Å². The molecule has 12 nitrogen and oxygen atoms in total. The monoisotopic (exact) mass is 786 g/mol. The van der Waals surface area contributed by atoms with E-state index >= 15 is 0 Å². The number of nitrogens with two attached hydrogens (primary N) is 1. The number of carbonyl (C=O) groups excluding carboxylic acids is 2. The molecule has 5 aromatic rings. The Morgan fingerprint density at radius 2 is 1.16 bits per heavy atom. The van der Waals surface area contributed by atoms with Gasteiger partial charge in [-0.2, -0.15) is 8.75 Å². The lowest BCUT2D eigenvalue weighted by molar-refractivity contribution is 0.251. The van der Waals surface area contributed by atoms with Gasteiger partial charge >= 0.3 is 12.1 Å². The Hall–Kier alpha value is -2.16. The minimum Gasteiger partial charge on any atom is -0.333 e. The number of anilines is 2. The first-order valence-corrected chi connectivity index (χ1v) is 18.2. The third kappa shape index (κ3) is 14.4. The molecule has 0 spiro atoms. The maximum atomic E-state index is 11.6. The molecule has 0 saturated carbocycles. The van der Waals surface area contributed by atoms with Crippen LogP contribution in [-0.2, 0) is 32.1 Å². The van der Waals surface area contributed by atoms with E-state index in [4.69, 9.17) is 52.1 Å². The molecule has 0 aliphatic rings. The van der Waals surface area contributed by atoms with E-state index < -0.39 is 0 Å². The average Bonchev–Trinajstić information content (AvgIpc) is 3.86. The first-order chi connectivity index (χ1) is 21.7. The molecule has 0 atom stereocenters. The number of aromatic nitrogens is 4. The number of carbonyl (C=O) groups is 2. The normalized spacial score (nSPS) is 10.3. The van der Waals surface area contributed by atoms with Crippen molar-refractivity contribution >= 4 is 126 Å². The van der Waals surface area contributed by atoms with Gasteiger partial charge in [0.05, 0.1) is 38.5 Å². The molecule has 0 saturated heterocycles. The smallest absolute Gasteiger partial charge is 0.321 e. The van der Waals surface area contributed by atoms with Crippen molar-refractivity contribution in [2.24, 2.45) is 5.73 Å². The molecule has 5 rings (SSSR count). The summed E-state index contributed by atoms with van der Waals surface area (Å²) >= 11 is 29.4. The summed E-state index contributed by atoms with van der Waals surface area (Å²) in [6.45, 7) is 2.03. The van der Waals surface area contributed by atoms with Crippen LogP contribution >= 0.6 is 103 Å². The summed E-state index contributed by atoms with van der Waals surface area (Å²) in [4.78, 5) is 34.5. The zero-order valence-electron chi connectivity index (χ0n) is 23.2. The molecule has 4 amide bonds. The van der Waals surface area contributed by atoms with Gasteiger partial charge in [-0.15, -0.1) is 45.6 Å². The van der Waals surface area contributed by atoms with Gasteiger partial charge in [0, 0.05) is 44.2 Å². The van der Waals surface area contributed by atoms with Gasteiger partial charge in [-0.05, 0) is 43.4 Å². The molecule has 242 valence electrons. The van der Waals surface area contributed by atoms with Crippen molar-refractivity contribution < 1.29 is 9.59 Å². The Kier molecular flexibility index (Phi) is 16.7. The highest BCUT2D eigenvalue weighted by atomic mass is 35.5. The van der Waals surface area contributed by atoms with Crippen LogP contribution in [0, 0.1) is 0 Å². The summed E-state index contributed by atoms with van der Waals surface area (Å²) < 4.78 is 10.3. The zero-order chi connectivity index (χ0) is 32.6. The van der Waals surface area contributed by atoms with Crippen LogP contribution in [0.1, 0.15) is 26.3 Å². The molecular weight excluding hydrogens is 762 g/mol. The molecule has 0 fully saturated rings. The largest absolute Gasteiger partial charge is 0.333 e. The molecule has 21 heteroatoms. The van der Waals surface area contributed by atoms with Gasteiger partial charge in [-0.25, -0.2) is 19.6 Å². The van der Waals surface area contributed by atoms with Crippen molar-refractivity contribution in [3.8, 4) is 0 Å². The summed E-state index contributed by atoms with van der Waals surface area (Å²) in [6.07, 6.45) is 0. The van der Waals surface area contributed by atoms with Gasteiger partial charge < -0.3 is 21.7 Å². The standard InChI is InChI=1S/C10H12ClN5OS2.C9H8Cl2N4OS2.C5H6ClNS/c1-12-5-8-14-10(19-16-8)15-9(17)13-4-6-2-3-7(11)18-6;10-3-7-13-9(18-15-7)14-8(16)12-4-5-1-2-6(11)17-5;6-5-2-1-4(3-7)8-5/h2-3,12H,4-5H2,1H3,(H2,13,14,15,16,17);1-2H,3-4H2,(H2,12,13,14,15,16);1-2H,3,7H2. The number of nitrogens with one attached hydrogen (secondary N) is 5. The van der Waals surface area contributed by atoms with Crippen molar-refractivity contribution in [3.05, 3.63) is 75.7 Å². The molecule has 0 radical (unpaired) electrons. The average molecular weight is 789 g/mol. The molecule has 5 heterocycles. The van der Waals surface area contributed by atoms with E-state index in [0.717, 1.165) is 42.0 Å². The number of thiophene rings is 3. The van der Waals surface area contributed by atoms with Crippen LogP contribution in [0.2, 0.25) is 13.0 Å². The van der Waals surface area contributed by atoms with Crippen LogP contribution in [-0.4, -0.2) is 37.8 Å². The van der Waals surface area contributed by atoms with Crippen molar-refractivity contribution in [1.29, 1.82) is 0 Å². The quantitative estimate of drug-likeness (QED) is 0.0792. The Labute approximate surface area is 299 Å². The van der Waals surface area contributed by atoms with E-state index in [1.807, 2.05) is 31.3 Å². The number of amides is 4. The van der Waals surface area contributed by atoms with Crippen molar-refractivity contribution in [1.82, 2.24) is 34.7 Å². The number of rotatable bonds is 10. The third-order valence-electron chi connectivity index (χ3n) is 4.77. The van der Waals surface area contributed by atoms with Crippen LogP contribution in [0.3, 0.4) is 0 Å². The molecule has 0 aliphatic heterocycles. The fourth-order valence-corrected chi connectivity index (χ4v) is 7.24. The Morgan fingerprint density at radius 1 is 0.711 bits per heavy atom. The highest BCUT2D eigenvalue weighted by Crippen LogP contribution is 2.22. The lowest BCUT2D eigenvalue weighted by atomic mass is 10.5. The van der Waals surface area contributed by atoms with Crippen LogP contribution in [0.15, 0.2) is 36.4 Å². The lowest BCUT2D eigenvalue weighted by Gasteiger charge is -2.02. The third-order valence-corrected chi connectivity index (χ3v) is 10.1. The first kappa shape index (κ1) is 37.3. The predicted octanol–water partition coefficient (Wildman–Crippen LogP) is 7.47. The van der Waals surface area contributed by atoms with Crippen LogP contribution in [0.4, 0.5) is 19.9 Å². The highest BCUT2D eigenvalue weighted by molar-refractivity contribution is 7.16. The van der Waals surface area contributed by atoms with Gasteiger partial charge in [0.2, 0.25) is 10.3 Å². The second-order valence-corrected chi connectivity index (χ2v) is 15.3. The summed E-state index contributed by atoms with van der Waals surface area (Å²) in [5.74, 6) is 1.39. The predicted molar refractivity (Wildman–Crippen MR) is 190 cm³/mol. The van der Waals surface area contributed by atoms with E-state index in [2.05, 4.69) is 45.3 Å². The fourth-order valence-electron chi connectivity index (χ4n) is 2.87. The minimum absolute atomic E-state index is 0.230. The van der Waals surface area contributed by atoms with E-state index in [1.165, 1.54) is 34.0 Å². The fraction of sp³-hybridized carbons (Fsp3) is 0.250. The summed E-state index contributed by atoms with van der Waals surface area (Å²) in [5, 5.41) is 14.5. The molecular formula is C24H26Cl4N10O2S5. The summed E-state index contributed by atoms with van der Waals surface area (Å²) in [6, 6.07) is 10.5. The van der Waals surface area contributed by atoms with E-state index in [1.54, 1.807) is 12.1 Å². The minimum atomic E-state index is -0.336. The maximum Gasteiger partial charge on any atom is 0.321 e. The Bertz CT molecular complexity index is 1620. The van der Waals surface area contributed by atoms with E-state index in [0.29, 0.717) is 56.8 Å². The Balaban J connectivity index is 0.000000198. The summed E-state index contributed by atoms with van der Waals surface area (Å²) in [5.41, 5.74) is 5.31. The number of halogens is 4. The molecule has 0 bridgehead atoms. The SMILES string of the molecule is CNCc1nsc(NC(=O)NCc2ccc(Cl)s2)n1.NCc1ccc(Cl)s1.O=C(NCc1ccc(Cl)s1)Nc1nc(CCl)ns1. The van der Waals surface area contributed by atoms with Gasteiger partial charge in [-0.3, -0.25) is 10.6 Å². The highest BCUT2D eigenvalue weighted by Gasteiger charge is 2.09. The number of alkyl halides is 1. The number of urea groups is 2. The van der Waals surface area contributed by atoms with E-state index in [9.17, 15) is 9.59 Å². The van der Waals surface area contributed by atoms with Gasteiger partial charge in [0.1, 0.15) is 0 Å². The zero-order valence-corrected chi connectivity index (χ0v) is 30.3. The lowest BCUT2D eigenvalue weighted by Crippen LogP contribution is -2.27. The first-order valence-electron chi connectivity index (χ1n) is 12.6. The molecule has 0 aliphatic carbocycles. The molecule has 45 heavy (non-hydrogen) atoms. The van der Waals surface area contributed by atoms with Gasteiger partial charge in [0.25, 0.3) is 0 Å². The molecule has 5 aromatic heterocycles.